The fourth-order valence-corrected chi connectivity index (χ4v) is 2.17. The minimum atomic E-state index is -0.342. The number of aromatic amines is 1. The van der Waals surface area contributed by atoms with E-state index in [1.807, 2.05) is 30.3 Å². The van der Waals surface area contributed by atoms with Gasteiger partial charge in [-0.25, -0.2) is 5.43 Å². The minimum Gasteiger partial charge on any atom is -0.396 e. The molecule has 6 heteroatoms. The smallest absolute Gasteiger partial charge is 0.249 e. The van der Waals surface area contributed by atoms with Crippen molar-refractivity contribution in [2.45, 2.75) is 6.42 Å². The molecule has 1 aromatic heterocycles. The number of rotatable bonds is 3. The number of nitrogens with zero attached hydrogens (tertiary/aromatic N) is 2. The number of nitrogen functional groups attached to an aromatic ring is 1. The number of anilines is 1. The molecule has 1 amide bonds. The van der Waals surface area contributed by atoms with Gasteiger partial charge in [0.15, 0.2) is 0 Å². The van der Waals surface area contributed by atoms with Gasteiger partial charge in [-0.1, -0.05) is 30.3 Å². The number of H-pyrrole nitrogens is 1. The largest absolute Gasteiger partial charge is 0.396 e. The lowest BCUT2D eigenvalue weighted by Gasteiger charge is -2.09. The quantitative estimate of drug-likeness (QED) is 0.752. The van der Waals surface area contributed by atoms with Crippen molar-refractivity contribution in [1.82, 2.24) is 15.6 Å². The highest BCUT2D eigenvalue weighted by Gasteiger charge is 2.32. The standard InChI is InChI=1S/C13H13N5O/c14-10-7-15-16-12(10)11-9(13(19)18-17-11)6-8-4-2-1-3-5-8/h1-5,7,9H,6,14H2,(H,15,16)(H,18,19). The Balaban J connectivity index is 1.89. The van der Waals surface area contributed by atoms with E-state index in [1.165, 1.54) is 6.20 Å². The Morgan fingerprint density at radius 1 is 1.26 bits per heavy atom. The van der Waals surface area contributed by atoms with E-state index >= 15 is 0 Å². The summed E-state index contributed by atoms with van der Waals surface area (Å²) in [6.07, 6.45) is 2.10. The first-order chi connectivity index (χ1) is 9.25. The molecule has 0 bridgehead atoms. The molecule has 1 aliphatic rings. The van der Waals surface area contributed by atoms with Crippen LogP contribution in [0.25, 0.3) is 0 Å². The lowest BCUT2D eigenvalue weighted by molar-refractivity contribution is -0.122. The molecule has 6 nitrogen and oxygen atoms in total. The van der Waals surface area contributed by atoms with Crippen LogP contribution < -0.4 is 11.2 Å². The molecule has 96 valence electrons. The second-order valence-corrected chi connectivity index (χ2v) is 4.42. The molecule has 3 rings (SSSR count). The van der Waals surface area contributed by atoms with Crippen LogP contribution in [0.4, 0.5) is 5.69 Å². The molecule has 1 aliphatic heterocycles. The summed E-state index contributed by atoms with van der Waals surface area (Å²) in [7, 11) is 0. The number of aromatic nitrogens is 2. The van der Waals surface area contributed by atoms with Crippen LogP contribution in [0.5, 0.6) is 0 Å². The van der Waals surface area contributed by atoms with E-state index in [1.54, 1.807) is 0 Å². The van der Waals surface area contributed by atoms with Gasteiger partial charge in [0.2, 0.25) is 5.91 Å². The number of nitrogens with one attached hydrogen (secondary N) is 2. The zero-order valence-electron chi connectivity index (χ0n) is 10.1. The highest BCUT2D eigenvalue weighted by molar-refractivity contribution is 6.17. The Hall–Kier alpha value is -2.63. The number of amides is 1. The van der Waals surface area contributed by atoms with Gasteiger partial charge in [-0.3, -0.25) is 9.89 Å². The zero-order valence-corrected chi connectivity index (χ0v) is 10.1. The van der Waals surface area contributed by atoms with E-state index in [9.17, 15) is 4.79 Å². The number of hydrogen-bond acceptors (Lipinski definition) is 4. The molecule has 0 spiro atoms. The number of benzene rings is 1. The van der Waals surface area contributed by atoms with Crippen molar-refractivity contribution >= 4 is 17.3 Å². The summed E-state index contributed by atoms with van der Waals surface area (Å²) >= 11 is 0. The highest BCUT2D eigenvalue weighted by Crippen LogP contribution is 2.21. The fourth-order valence-electron chi connectivity index (χ4n) is 2.17. The van der Waals surface area contributed by atoms with Crippen molar-refractivity contribution in [3.63, 3.8) is 0 Å². The van der Waals surface area contributed by atoms with E-state index in [4.69, 9.17) is 5.73 Å². The summed E-state index contributed by atoms with van der Waals surface area (Å²) in [6.45, 7) is 0. The molecular formula is C13H13N5O. The van der Waals surface area contributed by atoms with Gasteiger partial charge in [0.05, 0.1) is 17.8 Å². The Labute approximate surface area is 109 Å². The molecule has 1 atom stereocenters. The summed E-state index contributed by atoms with van der Waals surface area (Å²) < 4.78 is 0. The predicted octanol–water partition coefficient (Wildman–Crippen LogP) is 0.685. The second kappa shape index (κ2) is 4.56. The molecule has 0 radical (unpaired) electrons. The molecule has 0 aliphatic carbocycles. The topological polar surface area (TPSA) is 96.2 Å². The Kier molecular flexibility index (Phi) is 2.75. The number of nitrogens with two attached hydrogens (primary N) is 1. The van der Waals surface area contributed by atoms with Gasteiger partial charge >= 0.3 is 0 Å². The van der Waals surface area contributed by atoms with E-state index in [-0.39, 0.29) is 11.8 Å². The van der Waals surface area contributed by atoms with Crippen molar-refractivity contribution in [3.05, 3.63) is 47.8 Å². The predicted molar refractivity (Wildman–Crippen MR) is 71.3 cm³/mol. The van der Waals surface area contributed by atoms with Gasteiger partial charge < -0.3 is 5.73 Å². The molecule has 4 N–H and O–H groups in total. The van der Waals surface area contributed by atoms with Crippen molar-refractivity contribution in [1.29, 1.82) is 0 Å². The molecule has 0 saturated heterocycles. The van der Waals surface area contributed by atoms with Crippen LogP contribution in [0, 0.1) is 5.92 Å². The molecule has 2 heterocycles. The molecule has 1 aromatic carbocycles. The summed E-state index contributed by atoms with van der Waals surface area (Å²) in [6, 6.07) is 9.81. The Morgan fingerprint density at radius 3 is 2.74 bits per heavy atom. The minimum absolute atomic E-state index is 0.118. The Morgan fingerprint density at radius 2 is 2.05 bits per heavy atom. The van der Waals surface area contributed by atoms with E-state index in [2.05, 4.69) is 20.7 Å². The molecule has 0 saturated carbocycles. The van der Waals surface area contributed by atoms with Gasteiger partial charge in [-0.05, 0) is 12.0 Å². The number of hydrogen-bond donors (Lipinski definition) is 3. The maximum absolute atomic E-state index is 11.9. The van der Waals surface area contributed by atoms with Gasteiger partial charge in [0.25, 0.3) is 0 Å². The molecular weight excluding hydrogens is 242 g/mol. The maximum atomic E-state index is 11.9. The summed E-state index contributed by atoms with van der Waals surface area (Å²) in [4.78, 5) is 11.9. The van der Waals surface area contributed by atoms with Crippen LogP contribution in [0.1, 0.15) is 11.3 Å². The van der Waals surface area contributed by atoms with E-state index in [0.717, 1.165) is 5.56 Å². The highest BCUT2D eigenvalue weighted by atomic mass is 16.2. The summed E-state index contributed by atoms with van der Waals surface area (Å²) in [5, 5.41) is 10.7. The van der Waals surface area contributed by atoms with Crippen molar-refractivity contribution in [3.8, 4) is 0 Å². The summed E-state index contributed by atoms with van der Waals surface area (Å²) in [5.41, 5.74) is 11.1. The van der Waals surface area contributed by atoms with Gasteiger partial charge in [0, 0.05) is 0 Å². The molecule has 2 aromatic rings. The van der Waals surface area contributed by atoms with Crippen molar-refractivity contribution < 1.29 is 4.79 Å². The van der Waals surface area contributed by atoms with Crippen LogP contribution in [0.2, 0.25) is 0 Å². The van der Waals surface area contributed by atoms with Crippen LogP contribution in [0.15, 0.2) is 41.6 Å². The van der Waals surface area contributed by atoms with Gasteiger partial charge in [0.1, 0.15) is 11.4 Å². The lowest BCUT2D eigenvalue weighted by Crippen LogP contribution is -2.26. The first-order valence-electron chi connectivity index (χ1n) is 5.96. The SMILES string of the molecule is Nc1cn[nH]c1C1=NNC(=O)C1Cc1ccccc1. The maximum Gasteiger partial charge on any atom is 0.249 e. The monoisotopic (exact) mass is 255 g/mol. The first-order valence-corrected chi connectivity index (χ1v) is 5.96. The number of carbonyl (C=O) groups excluding carboxylic acids is 1. The van der Waals surface area contributed by atoms with Gasteiger partial charge in [-0.2, -0.15) is 10.2 Å². The normalized spacial score (nSPS) is 18.2. The third-order valence-electron chi connectivity index (χ3n) is 3.14. The van der Waals surface area contributed by atoms with E-state index < -0.39 is 0 Å². The fraction of sp³-hybridized carbons (Fsp3) is 0.154. The third-order valence-corrected chi connectivity index (χ3v) is 3.14. The Bertz CT molecular complexity index is 631. The second-order valence-electron chi connectivity index (χ2n) is 4.42. The van der Waals surface area contributed by atoms with Gasteiger partial charge in [-0.15, -0.1) is 0 Å². The zero-order chi connectivity index (χ0) is 13.2. The van der Waals surface area contributed by atoms with Crippen LogP contribution in [-0.4, -0.2) is 21.8 Å². The van der Waals surface area contributed by atoms with Crippen molar-refractivity contribution in [2.75, 3.05) is 5.73 Å². The van der Waals surface area contributed by atoms with Crippen LogP contribution >= 0.6 is 0 Å². The number of carbonyl (C=O) groups is 1. The van der Waals surface area contributed by atoms with Crippen LogP contribution in [0.3, 0.4) is 0 Å². The average Bonchev–Trinajstić information content (AvgIpc) is 2.99. The number of hydrazone groups is 1. The molecule has 0 fully saturated rings. The molecule has 1 unspecified atom stereocenters. The van der Waals surface area contributed by atoms with E-state index in [0.29, 0.717) is 23.5 Å². The first kappa shape index (κ1) is 11.5. The third kappa shape index (κ3) is 2.08. The lowest BCUT2D eigenvalue weighted by atomic mass is 9.93. The van der Waals surface area contributed by atoms with Crippen LogP contribution in [-0.2, 0) is 11.2 Å². The molecule has 19 heavy (non-hydrogen) atoms. The van der Waals surface area contributed by atoms with Crippen molar-refractivity contribution in [2.24, 2.45) is 11.0 Å². The average molecular weight is 255 g/mol. The summed E-state index contributed by atoms with van der Waals surface area (Å²) in [5.74, 6) is -0.460.